The molecule has 0 saturated carbocycles. The van der Waals surface area contributed by atoms with Crippen molar-refractivity contribution in [3.05, 3.63) is 35.9 Å². The van der Waals surface area contributed by atoms with Crippen LogP contribution in [-0.2, 0) is 16.1 Å². The second-order valence-corrected chi connectivity index (χ2v) is 3.93. The normalized spacial score (nSPS) is 19.9. The van der Waals surface area contributed by atoms with Gasteiger partial charge in [0, 0.05) is 19.6 Å². The standard InChI is InChI=1S/C12H16N2O2.ClH/c13-6-11-8-14(12(15)9-16-11)7-10-4-2-1-3-5-10;/h1-5,11H,6-9,13H2;1H. The zero-order chi connectivity index (χ0) is 11.4. The number of nitrogens with two attached hydrogens (primary N) is 1. The van der Waals surface area contributed by atoms with Crippen LogP contribution in [0.3, 0.4) is 0 Å². The van der Waals surface area contributed by atoms with Crippen molar-refractivity contribution in [2.75, 3.05) is 19.7 Å². The lowest BCUT2D eigenvalue weighted by molar-refractivity contribution is -0.149. The molecule has 0 aliphatic carbocycles. The van der Waals surface area contributed by atoms with Crippen LogP contribution >= 0.6 is 12.4 Å². The van der Waals surface area contributed by atoms with E-state index in [0.717, 1.165) is 5.56 Å². The minimum absolute atomic E-state index is 0. The molecular weight excluding hydrogens is 240 g/mol. The molecule has 0 radical (unpaired) electrons. The van der Waals surface area contributed by atoms with Crippen molar-refractivity contribution in [1.82, 2.24) is 4.90 Å². The molecule has 1 aromatic rings. The van der Waals surface area contributed by atoms with Crippen molar-refractivity contribution in [3.8, 4) is 0 Å². The second-order valence-electron chi connectivity index (χ2n) is 3.93. The van der Waals surface area contributed by atoms with Crippen molar-refractivity contribution < 1.29 is 9.53 Å². The Hall–Kier alpha value is -1.10. The minimum Gasteiger partial charge on any atom is -0.365 e. The Balaban J connectivity index is 0.00000144. The van der Waals surface area contributed by atoms with E-state index in [2.05, 4.69) is 0 Å². The number of morpholine rings is 1. The molecule has 4 nitrogen and oxygen atoms in total. The largest absolute Gasteiger partial charge is 0.365 e. The Morgan fingerprint density at radius 3 is 2.71 bits per heavy atom. The van der Waals surface area contributed by atoms with Crippen molar-refractivity contribution >= 4 is 18.3 Å². The molecule has 0 spiro atoms. The fraction of sp³-hybridized carbons (Fsp3) is 0.417. The quantitative estimate of drug-likeness (QED) is 0.870. The van der Waals surface area contributed by atoms with Gasteiger partial charge in [0.2, 0.25) is 5.91 Å². The highest BCUT2D eigenvalue weighted by atomic mass is 35.5. The Labute approximate surface area is 107 Å². The highest BCUT2D eigenvalue weighted by Crippen LogP contribution is 2.10. The van der Waals surface area contributed by atoms with Crippen LogP contribution in [0.5, 0.6) is 0 Å². The van der Waals surface area contributed by atoms with Crippen molar-refractivity contribution in [2.45, 2.75) is 12.6 Å². The van der Waals surface area contributed by atoms with Gasteiger partial charge < -0.3 is 15.4 Å². The van der Waals surface area contributed by atoms with E-state index in [1.807, 2.05) is 30.3 Å². The summed E-state index contributed by atoms with van der Waals surface area (Å²) in [6.45, 7) is 1.83. The minimum atomic E-state index is -0.0265. The molecule has 1 atom stereocenters. The molecule has 1 fully saturated rings. The van der Waals surface area contributed by atoms with E-state index >= 15 is 0 Å². The van der Waals surface area contributed by atoms with Crippen molar-refractivity contribution in [1.29, 1.82) is 0 Å². The van der Waals surface area contributed by atoms with Crippen LogP contribution in [-0.4, -0.2) is 36.6 Å². The molecule has 94 valence electrons. The van der Waals surface area contributed by atoms with Crippen molar-refractivity contribution in [2.24, 2.45) is 5.73 Å². The van der Waals surface area contributed by atoms with E-state index in [4.69, 9.17) is 10.5 Å². The molecule has 1 amide bonds. The summed E-state index contributed by atoms with van der Waals surface area (Å²) in [5.41, 5.74) is 6.67. The van der Waals surface area contributed by atoms with Crippen LogP contribution in [0.25, 0.3) is 0 Å². The summed E-state index contributed by atoms with van der Waals surface area (Å²) in [7, 11) is 0. The van der Waals surface area contributed by atoms with Gasteiger partial charge in [-0.05, 0) is 5.56 Å². The van der Waals surface area contributed by atoms with Gasteiger partial charge in [-0.1, -0.05) is 30.3 Å². The van der Waals surface area contributed by atoms with Crippen LogP contribution in [0.1, 0.15) is 5.56 Å². The number of rotatable bonds is 3. The van der Waals surface area contributed by atoms with E-state index in [-0.39, 0.29) is 31.0 Å². The number of amides is 1. The third-order valence-electron chi connectivity index (χ3n) is 2.70. The molecule has 1 aliphatic heterocycles. The molecule has 1 unspecified atom stereocenters. The first-order valence-electron chi connectivity index (χ1n) is 5.43. The molecule has 0 bridgehead atoms. The molecule has 1 heterocycles. The fourth-order valence-electron chi connectivity index (χ4n) is 1.78. The highest BCUT2D eigenvalue weighted by molar-refractivity contribution is 5.85. The highest BCUT2D eigenvalue weighted by Gasteiger charge is 2.25. The molecule has 2 N–H and O–H groups in total. The van der Waals surface area contributed by atoms with Gasteiger partial charge in [0.25, 0.3) is 0 Å². The molecule has 1 aliphatic rings. The Morgan fingerprint density at radius 2 is 2.06 bits per heavy atom. The average molecular weight is 257 g/mol. The summed E-state index contributed by atoms with van der Waals surface area (Å²) in [6, 6.07) is 9.94. The van der Waals surface area contributed by atoms with Crippen LogP contribution in [0.15, 0.2) is 30.3 Å². The summed E-state index contributed by atoms with van der Waals surface area (Å²) < 4.78 is 5.29. The summed E-state index contributed by atoms with van der Waals surface area (Å²) in [5.74, 6) is 0.0357. The SMILES string of the molecule is Cl.NCC1CN(Cc2ccccc2)C(=O)CO1. The molecular formula is C12H17ClN2O2. The zero-order valence-corrected chi connectivity index (χ0v) is 10.4. The van der Waals surface area contributed by atoms with E-state index in [1.54, 1.807) is 4.90 Å². The lowest BCUT2D eigenvalue weighted by atomic mass is 10.2. The average Bonchev–Trinajstić information content (AvgIpc) is 2.33. The third-order valence-corrected chi connectivity index (χ3v) is 2.70. The number of hydrogen-bond donors (Lipinski definition) is 1. The first-order valence-corrected chi connectivity index (χ1v) is 5.43. The van der Waals surface area contributed by atoms with Gasteiger partial charge in [0.1, 0.15) is 6.61 Å². The number of ether oxygens (including phenoxy) is 1. The number of benzene rings is 1. The number of carbonyl (C=O) groups excluding carboxylic acids is 1. The van der Waals surface area contributed by atoms with Gasteiger partial charge >= 0.3 is 0 Å². The Morgan fingerprint density at radius 1 is 1.35 bits per heavy atom. The third kappa shape index (κ3) is 3.70. The molecule has 17 heavy (non-hydrogen) atoms. The molecule has 1 aromatic carbocycles. The first-order chi connectivity index (χ1) is 7.79. The van der Waals surface area contributed by atoms with E-state index in [0.29, 0.717) is 19.6 Å². The second kappa shape index (κ2) is 6.59. The summed E-state index contributed by atoms with van der Waals surface area (Å²) >= 11 is 0. The smallest absolute Gasteiger partial charge is 0.248 e. The van der Waals surface area contributed by atoms with Crippen LogP contribution in [0.2, 0.25) is 0 Å². The molecule has 0 aromatic heterocycles. The summed E-state index contributed by atoms with van der Waals surface area (Å²) in [4.78, 5) is 13.4. The monoisotopic (exact) mass is 256 g/mol. The van der Waals surface area contributed by atoms with Crippen LogP contribution < -0.4 is 5.73 Å². The van der Waals surface area contributed by atoms with Gasteiger partial charge in [-0.3, -0.25) is 4.79 Å². The maximum absolute atomic E-state index is 11.6. The topological polar surface area (TPSA) is 55.6 Å². The zero-order valence-electron chi connectivity index (χ0n) is 9.54. The molecule has 2 rings (SSSR count). The van der Waals surface area contributed by atoms with Gasteiger partial charge in [0.15, 0.2) is 0 Å². The maximum atomic E-state index is 11.6. The summed E-state index contributed by atoms with van der Waals surface area (Å²) in [6.07, 6.45) is -0.0265. The lowest BCUT2D eigenvalue weighted by Gasteiger charge is -2.32. The predicted molar refractivity (Wildman–Crippen MR) is 67.9 cm³/mol. The van der Waals surface area contributed by atoms with E-state index < -0.39 is 0 Å². The van der Waals surface area contributed by atoms with Crippen LogP contribution in [0.4, 0.5) is 0 Å². The van der Waals surface area contributed by atoms with E-state index in [1.165, 1.54) is 0 Å². The maximum Gasteiger partial charge on any atom is 0.248 e. The van der Waals surface area contributed by atoms with Crippen molar-refractivity contribution in [3.63, 3.8) is 0 Å². The number of hydrogen-bond acceptors (Lipinski definition) is 3. The molecule has 1 saturated heterocycles. The van der Waals surface area contributed by atoms with Gasteiger partial charge in [-0.15, -0.1) is 12.4 Å². The predicted octanol–water partition coefficient (Wildman–Crippen LogP) is 0.794. The number of carbonyl (C=O) groups is 1. The van der Waals surface area contributed by atoms with Gasteiger partial charge in [-0.25, -0.2) is 0 Å². The van der Waals surface area contributed by atoms with E-state index in [9.17, 15) is 4.79 Å². The summed E-state index contributed by atoms with van der Waals surface area (Å²) in [5, 5.41) is 0. The first kappa shape index (κ1) is 14.0. The molecule has 5 heteroatoms. The Bertz CT molecular complexity index is 359. The Kier molecular flexibility index (Phi) is 5.41. The number of halogens is 1. The lowest BCUT2D eigenvalue weighted by Crippen LogP contribution is -2.48. The number of nitrogens with zero attached hydrogens (tertiary/aromatic N) is 1. The fourth-order valence-corrected chi connectivity index (χ4v) is 1.78. The van der Waals surface area contributed by atoms with Gasteiger partial charge in [0.05, 0.1) is 6.10 Å². The van der Waals surface area contributed by atoms with Crippen LogP contribution in [0, 0.1) is 0 Å². The van der Waals surface area contributed by atoms with Gasteiger partial charge in [-0.2, -0.15) is 0 Å².